The number of imidazole rings is 1. The van der Waals surface area contributed by atoms with Crippen LogP contribution in [-0.2, 0) is 11.3 Å². The topological polar surface area (TPSA) is 115 Å². The van der Waals surface area contributed by atoms with Crippen molar-refractivity contribution in [2.75, 3.05) is 11.9 Å². The number of hydrogen-bond acceptors (Lipinski definition) is 6. The van der Waals surface area contributed by atoms with E-state index in [9.17, 15) is 4.79 Å². The summed E-state index contributed by atoms with van der Waals surface area (Å²) < 4.78 is 15.0. The average molecular weight is 526 g/mol. The third-order valence-corrected chi connectivity index (χ3v) is 7.20. The Morgan fingerprint density at radius 1 is 1.11 bits per heavy atom. The molecule has 0 aliphatic heterocycles. The average Bonchev–Trinajstić information content (AvgIpc) is 3.55. The first-order chi connectivity index (χ1) is 18.5. The summed E-state index contributed by atoms with van der Waals surface area (Å²) in [4.78, 5) is 17.6. The summed E-state index contributed by atoms with van der Waals surface area (Å²) in [7, 11) is 0. The zero-order chi connectivity index (χ0) is 26.5. The lowest BCUT2D eigenvalue weighted by Gasteiger charge is -2.20. The van der Waals surface area contributed by atoms with Gasteiger partial charge in [-0.2, -0.15) is 0 Å². The standard InChI is InChI=1S/C29H27N5O3S/c1-19-32-14-15-34(19)17-20-10-12-22(13-11-20)33-29(35)36-18-25(21-6-3-2-4-7-21)37-24-8-5-9-26-23(24)16-27(38-26)28(30)31/h2-16,25H,17-18H2,1H3,(H3,30,31)(H,33,35). The first-order valence-corrected chi connectivity index (χ1v) is 12.9. The van der Waals surface area contributed by atoms with Gasteiger partial charge in [0, 0.05) is 34.7 Å². The maximum atomic E-state index is 12.6. The van der Waals surface area contributed by atoms with Crippen LogP contribution in [0.4, 0.5) is 10.5 Å². The molecule has 0 spiro atoms. The van der Waals surface area contributed by atoms with E-state index >= 15 is 0 Å². The van der Waals surface area contributed by atoms with Gasteiger partial charge in [0.2, 0.25) is 0 Å². The fourth-order valence-electron chi connectivity index (χ4n) is 4.06. The van der Waals surface area contributed by atoms with Crippen LogP contribution in [0.25, 0.3) is 10.1 Å². The molecule has 5 rings (SSSR count). The molecule has 0 aliphatic carbocycles. The number of nitrogens with zero attached hydrogens (tertiary/aromatic N) is 2. The van der Waals surface area contributed by atoms with Crippen molar-refractivity contribution in [3.8, 4) is 5.75 Å². The summed E-state index contributed by atoms with van der Waals surface area (Å²) in [5.41, 5.74) is 8.30. The summed E-state index contributed by atoms with van der Waals surface area (Å²) in [5, 5.41) is 11.4. The number of amides is 1. The number of ether oxygens (including phenoxy) is 2. The van der Waals surface area contributed by atoms with Crippen LogP contribution in [0.3, 0.4) is 0 Å². The Labute approximate surface area is 224 Å². The van der Waals surface area contributed by atoms with Crippen molar-refractivity contribution >= 4 is 39.0 Å². The van der Waals surface area contributed by atoms with Gasteiger partial charge in [0.05, 0.1) is 4.88 Å². The number of fused-ring (bicyclic) bond motifs is 1. The minimum Gasteiger partial charge on any atom is -0.481 e. The number of aromatic nitrogens is 2. The van der Waals surface area contributed by atoms with Gasteiger partial charge in [0.1, 0.15) is 24.0 Å². The zero-order valence-corrected chi connectivity index (χ0v) is 21.6. The Balaban J connectivity index is 1.26. The van der Waals surface area contributed by atoms with Crippen molar-refractivity contribution < 1.29 is 14.3 Å². The number of thiophene rings is 1. The van der Waals surface area contributed by atoms with Gasteiger partial charge in [-0.15, -0.1) is 11.3 Å². The molecule has 5 aromatic rings. The van der Waals surface area contributed by atoms with Crippen LogP contribution < -0.4 is 15.8 Å². The Bertz CT molecular complexity index is 1560. The molecule has 0 bridgehead atoms. The van der Waals surface area contributed by atoms with E-state index in [0.29, 0.717) is 22.9 Å². The van der Waals surface area contributed by atoms with E-state index in [1.807, 2.05) is 92.0 Å². The van der Waals surface area contributed by atoms with Gasteiger partial charge in [-0.25, -0.2) is 9.78 Å². The fraction of sp³-hybridized carbons (Fsp3) is 0.138. The van der Waals surface area contributed by atoms with Crippen molar-refractivity contribution in [3.63, 3.8) is 0 Å². The molecule has 192 valence electrons. The number of nitrogen functional groups attached to an aromatic ring is 1. The molecule has 8 nitrogen and oxygen atoms in total. The minimum absolute atomic E-state index is 0.00786. The predicted octanol–water partition coefficient (Wildman–Crippen LogP) is 6.11. The molecule has 1 amide bonds. The predicted molar refractivity (Wildman–Crippen MR) is 150 cm³/mol. The minimum atomic E-state index is -0.569. The smallest absolute Gasteiger partial charge is 0.411 e. The fourth-order valence-corrected chi connectivity index (χ4v) is 4.99. The molecule has 0 saturated carbocycles. The molecule has 2 aromatic heterocycles. The molecule has 2 heterocycles. The Hall–Kier alpha value is -4.63. The lowest BCUT2D eigenvalue weighted by Crippen LogP contribution is -2.21. The maximum absolute atomic E-state index is 12.6. The molecular weight excluding hydrogens is 498 g/mol. The number of carbonyl (C=O) groups is 1. The molecule has 4 N–H and O–H groups in total. The van der Waals surface area contributed by atoms with Crippen molar-refractivity contribution in [1.82, 2.24) is 9.55 Å². The Kier molecular flexibility index (Phi) is 7.37. The highest BCUT2D eigenvalue weighted by atomic mass is 32.1. The van der Waals surface area contributed by atoms with Crippen LogP contribution in [0, 0.1) is 12.3 Å². The molecule has 0 fully saturated rings. The van der Waals surface area contributed by atoms with Gasteiger partial charge in [0.25, 0.3) is 0 Å². The number of amidine groups is 1. The first kappa shape index (κ1) is 25.0. The van der Waals surface area contributed by atoms with Crippen molar-refractivity contribution in [2.45, 2.75) is 19.6 Å². The first-order valence-electron chi connectivity index (χ1n) is 12.1. The normalized spacial score (nSPS) is 11.7. The van der Waals surface area contributed by atoms with Crippen LogP contribution in [0.1, 0.15) is 27.9 Å². The summed E-state index contributed by atoms with van der Waals surface area (Å²) >= 11 is 1.43. The van der Waals surface area contributed by atoms with E-state index in [2.05, 4.69) is 14.9 Å². The van der Waals surface area contributed by atoms with Crippen LogP contribution in [0.15, 0.2) is 91.3 Å². The number of nitrogens with one attached hydrogen (secondary N) is 2. The summed E-state index contributed by atoms with van der Waals surface area (Å²) in [5.74, 6) is 1.59. The molecule has 9 heteroatoms. The quantitative estimate of drug-likeness (QED) is 0.159. The van der Waals surface area contributed by atoms with Gasteiger partial charge < -0.3 is 19.8 Å². The van der Waals surface area contributed by atoms with E-state index in [1.165, 1.54) is 11.3 Å². The number of rotatable bonds is 9. The number of benzene rings is 3. The number of aryl methyl sites for hydroxylation is 1. The maximum Gasteiger partial charge on any atom is 0.411 e. The van der Waals surface area contributed by atoms with Crippen molar-refractivity contribution in [2.24, 2.45) is 5.73 Å². The largest absolute Gasteiger partial charge is 0.481 e. The number of nitrogens with two attached hydrogens (primary N) is 1. The van der Waals surface area contributed by atoms with Gasteiger partial charge in [0.15, 0.2) is 6.10 Å². The van der Waals surface area contributed by atoms with Crippen LogP contribution in [0.5, 0.6) is 5.75 Å². The van der Waals surface area contributed by atoms with E-state index < -0.39 is 12.2 Å². The molecule has 3 aromatic carbocycles. The Morgan fingerprint density at radius 3 is 2.61 bits per heavy atom. The van der Waals surface area contributed by atoms with Crippen molar-refractivity contribution in [3.05, 3.63) is 113 Å². The van der Waals surface area contributed by atoms with E-state index in [-0.39, 0.29) is 12.4 Å². The van der Waals surface area contributed by atoms with Gasteiger partial charge >= 0.3 is 6.09 Å². The summed E-state index contributed by atoms with van der Waals surface area (Å²) in [6.07, 6.45) is 2.61. The summed E-state index contributed by atoms with van der Waals surface area (Å²) in [6, 6.07) is 24.8. The van der Waals surface area contributed by atoms with Gasteiger partial charge in [-0.1, -0.05) is 48.5 Å². The number of carbonyl (C=O) groups excluding carboxylic acids is 1. The second-order valence-corrected chi connectivity index (χ2v) is 9.82. The lowest BCUT2D eigenvalue weighted by atomic mass is 10.1. The van der Waals surface area contributed by atoms with Crippen LogP contribution in [-0.4, -0.2) is 28.1 Å². The van der Waals surface area contributed by atoms with Gasteiger partial charge in [-0.3, -0.25) is 10.7 Å². The molecule has 0 saturated heterocycles. The highest BCUT2D eigenvalue weighted by Crippen LogP contribution is 2.35. The van der Waals surface area contributed by atoms with Crippen LogP contribution in [0.2, 0.25) is 0 Å². The second-order valence-electron chi connectivity index (χ2n) is 8.73. The van der Waals surface area contributed by atoms with Crippen molar-refractivity contribution in [1.29, 1.82) is 5.41 Å². The molecule has 1 atom stereocenters. The summed E-state index contributed by atoms with van der Waals surface area (Å²) in [6.45, 7) is 2.67. The van der Waals surface area contributed by atoms with Gasteiger partial charge in [-0.05, 0) is 48.4 Å². The highest BCUT2D eigenvalue weighted by molar-refractivity contribution is 7.20. The Morgan fingerprint density at radius 2 is 1.89 bits per heavy atom. The van der Waals surface area contributed by atoms with E-state index in [4.69, 9.17) is 20.6 Å². The number of hydrogen-bond donors (Lipinski definition) is 3. The molecule has 0 aliphatic rings. The SMILES string of the molecule is Cc1nccn1Cc1ccc(NC(=O)OCC(Oc2cccc3sc(C(=N)N)cc23)c2ccccc2)cc1. The molecule has 1 unspecified atom stereocenters. The third kappa shape index (κ3) is 5.84. The molecule has 38 heavy (non-hydrogen) atoms. The zero-order valence-electron chi connectivity index (χ0n) is 20.8. The highest BCUT2D eigenvalue weighted by Gasteiger charge is 2.19. The molecular formula is C29H27N5O3S. The molecule has 0 radical (unpaired) electrons. The lowest BCUT2D eigenvalue weighted by molar-refractivity contribution is 0.0910. The third-order valence-electron chi connectivity index (χ3n) is 6.07. The van der Waals surface area contributed by atoms with E-state index in [1.54, 1.807) is 6.20 Å². The van der Waals surface area contributed by atoms with Crippen LogP contribution >= 0.6 is 11.3 Å². The second kappa shape index (κ2) is 11.2. The monoisotopic (exact) mass is 525 g/mol. The number of anilines is 1. The van der Waals surface area contributed by atoms with E-state index in [0.717, 1.165) is 27.0 Å².